The van der Waals surface area contributed by atoms with Crippen molar-refractivity contribution in [2.45, 2.75) is 11.9 Å². The van der Waals surface area contributed by atoms with Gasteiger partial charge in [-0.05, 0) is 23.3 Å². The van der Waals surface area contributed by atoms with Gasteiger partial charge in [0.15, 0.2) is 0 Å². The monoisotopic (exact) mass is 333 g/mol. The number of ether oxygens (including phenoxy) is 1. The van der Waals surface area contributed by atoms with Crippen LogP contribution < -0.4 is 5.32 Å². The van der Waals surface area contributed by atoms with E-state index in [-0.39, 0.29) is 17.8 Å². The minimum Gasteiger partial charge on any atom is -0.375 e. The molecule has 0 aliphatic carbocycles. The van der Waals surface area contributed by atoms with Gasteiger partial charge >= 0.3 is 0 Å². The van der Waals surface area contributed by atoms with Crippen molar-refractivity contribution in [2.24, 2.45) is 0 Å². The predicted octanol–water partition coefficient (Wildman–Crippen LogP) is 3.56. The molecule has 0 aliphatic rings. The third kappa shape index (κ3) is 6.04. The molecule has 0 heterocycles. The van der Waals surface area contributed by atoms with E-state index in [0.717, 1.165) is 5.75 Å². The van der Waals surface area contributed by atoms with Crippen LogP contribution >= 0.6 is 11.8 Å². The first-order valence-corrected chi connectivity index (χ1v) is 8.51. The second-order valence-corrected chi connectivity index (χ2v) is 6.05. The molecule has 122 valence electrons. The van der Waals surface area contributed by atoms with E-state index in [1.165, 1.54) is 17.7 Å². The number of carbonyl (C=O) groups is 1. The lowest BCUT2D eigenvalue weighted by molar-refractivity contribution is -0.119. The Balaban J connectivity index is 1.74. The fourth-order valence-corrected chi connectivity index (χ4v) is 2.96. The molecule has 0 aliphatic heterocycles. The number of thioether (sulfide) groups is 1. The molecule has 1 unspecified atom stereocenters. The first-order chi connectivity index (χ1) is 11.2. The van der Waals surface area contributed by atoms with Crippen LogP contribution in [0, 0.1) is 5.82 Å². The molecule has 3 nitrogen and oxygen atoms in total. The molecule has 0 aromatic heterocycles. The Bertz CT molecular complexity index is 621. The number of benzene rings is 2. The SMILES string of the molecule is COC(CNC(=O)CSCc1ccccc1)c1cccc(F)c1. The Morgan fingerprint density at radius 2 is 2.00 bits per heavy atom. The van der Waals surface area contributed by atoms with Crippen molar-refractivity contribution in [3.05, 3.63) is 71.5 Å². The van der Waals surface area contributed by atoms with Crippen LogP contribution in [-0.4, -0.2) is 25.3 Å². The van der Waals surface area contributed by atoms with Gasteiger partial charge in [-0.15, -0.1) is 11.8 Å². The third-order valence-corrected chi connectivity index (χ3v) is 4.34. The second kappa shape index (κ2) is 9.33. The Morgan fingerprint density at radius 1 is 1.22 bits per heavy atom. The zero-order valence-corrected chi connectivity index (χ0v) is 13.8. The first-order valence-electron chi connectivity index (χ1n) is 7.35. The zero-order valence-electron chi connectivity index (χ0n) is 13.0. The van der Waals surface area contributed by atoms with E-state index < -0.39 is 0 Å². The van der Waals surface area contributed by atoms with Crippen LogP contribution in [0.2, 0.25) is 0 Å². The van der Waals surface area contributed by atoms with Crippen LogP contribution in [0.5, 0.6) is 0 Å². The fourth-order valence-electron chi connectivity index (χ4n) is 2.14. The molecule has 0 saturated carbocycles. The number of hydrogen-bond donors (Lipinski definition) is 1. The van der Waals surface area contributed by atoms with Gasteiger partial charge in [0.05, 0.1) is 11.9 Å². The minimum atomic E-state index is -0.353. The van der Waals surface area contributed by atoms with E-state index in [9.17, 15) is 9.18 Å². The number of hydrogen-bond acceptors (Lipinski definition) is 3. The molecule has 0 saturated heterocycles. The van der Waals surface area contributed by atoms with Crippen molar-refractivity contribution in [2.75, 3.05) is 19.4 Å². The lowest BCUT2D eigenvalue weighted by Crippen LogP contribution is -2.30. The number of carbonyl (C=O) groups excluding carboxylic acids is 1. The van der Waals surface area contributed by atoms with Crippen LogP contribution in [0.3, 0.4) is 0 Å². The molecule has 1 atom stereocenters. The van der Waals surface area contributed by atoms with Crippen LogP contribution in [0.1, 0.15) is 17.2 Å². The summed E-state index contributed by atoms with van der Waals surface area (Å²) >= 11 is 1.56. The number of amides is 1. The Hall–Kier alpha value is -1.85. The molecule has 5 heteroatoms. The fraction of sp³-hybridized carbons (Fsp3) is 0.278. The lowest BCUT2D eigenvalue weighted by Gasteiger charge is -2.16. The van der Waals surface area contributed by atoms with E-state index in [1.807, 2.05) is 30.3 Å². The van der Waals surface area contributed by atoms with Gasteiger partial charge in [0, 0.05) is 19.4 Å². The van der Waals surface area contributed by atoms with Gasteiger partial charge in [-0.3, -0.25) is 4.79 Å². The summed E-state index contributed by atoms with van der Waals surface area (Å²) in [4.78, 5) is 11.9. The minimum absolute atomic E-state index is 0.0515. The van der Waals surface area contributed by atoms with Crippen LogP contribution in [0.25, 0.3) is 0 Å². The number of nitrogens with one attached hydrogen (secondary N) is 1. The molecular weight excluding hydrogens is 313 g/mol. The van der Waals surface area contributed by atoms with Crippen molar-refractivity contribution in [3.63, 3.8) is 0 Å². The van der Waals surface area contributed by atoms with Crippen LogP contribution in [0.15, 0.2) is 54.6 Å². The van der Waals surface area contributed by atoms with E-state index >= 15 is 0 Å². The zero-order chi connectivity index (χ0) is 16.5. The normalized spacial score (nSPS) is 11.9. The maximum absolute atomic E-state index is 13.2. The molecule has 2 rings (SSSR count). The molecule has 0 radical (unpaired) electrons. The summed E-state index contributed by atoms with van der Waals surface area (Å²) in [5.74, 6) is 0.819. The predicted molar refractivity (Wildman–Crippen MR) is 91.8 cm³/mol. The lowest BCUT2D eigenvalue weighted by atomic mass is 10.1. The van der Waals surface area contributed by atoms with E-state index in [2.05, 4.69) is 5.32 Å². The van der Waals surface area contributed by atoms with Gasteiger partial charge in [-0.25, -0.2) is 4.39 Å². The molecule has 1 amide bonds. The Labute approximate surface area is 140 Å². The summed E-state index contributed by atoms with van der Waals surface area (Å²) in [6.45, 7) is 0.324. The average Bonchev–Trinajstić information content (AvgIpc) is 2.56. The summed E-state index contributed by atoms with van der Waals surface area (Å²) in [6.07, 6.45) is -0.353. The van der Waals surface area contributed by atoms with Gasteiger partial charge < -0.3 is 10.1 Å². The summed E-state index contributed by atoms with van der Waals surface area (Å²) in [5, 5.41) is 2.83. The van der Waals surface area contributed by atoms with Crippen molar-refractivity contribution in [1.82, 2.24) is 5.32 Å². The quantitative estimate of drug-likeness (QED) is 0.803. The highest BCUT2D eigenvalue weighted by Crippen LogP contribution is 2.17. The summed E-state index contributed by atoms with van der Waals surface area (Å²) in [7, 11) is 1.55. The maximum Gasteiger partial charge on any atom is 0.230 e. The van der Waals surface area contributed by atoms with E-state index in [0.29, 0.717) is 17.9 Å². The molecule has 1 N–H and O–H groups in total. The molecule has 23 heavy (non-hydrogen) atoms. The van der Waals surface area contributed by atoms with Gasteiger partial charge in [0.25, 0.3) is 0 Å². The van der Waals surface area contributed by atoms with Crippen LogP contribution in [-0.2, 0) is 15.3 Å². The molecule has 0 fully saturated rings. The highest BCUT2D eigenvalue weighted by Gasteiger charge is 2.12. The topological polar surface area (TPSA) is 38.3 Å². The highest BCUT2D eigenvalue weighted by molar-refractivity contribution is 7.99. The van der Waals surface area contributed by atoms with Crippen molar-refractivity contribution < 1.29 is 13.9 Å². The number of rotatable bonds is 8. The molecule has 0 spiro atoms. The summed E-state index contributed by atoms with van der Waals surface area (Å²) < 4.78 is 18.6. The smallest absolute Gasteiger partial charge is 0.230 e. The number of methoxy groups -OCH3 is 1. The average molecular weight is 333 g/mol. The first kappa shape index (κ1) is 17.5. The molecule has 2 aromatic rings. The summed E-state index contributed by atoms with van der Waals surface area (Å²) in [6, 6.07) is 16.2. The van der Waals surface area contributed by atoms with Gasteiger partial charge in [-0.1, -0.05) is 42.5 Å². The third-order valence-electron chi connectivity index (χ3n) is 3.33. The van der Waals surface area contributed by atoms with Gasteiger partial charge in [0.2, 0.25) is 5.91 Å². The molecule has 0 bridgehead atoms. The number of halogens is 1. The van der Waals surface area contributed by atoms with Crippen molar-refractivity contribution in [1.29, 1.82) is 0 Å². The maximum atomic E-state index is 13.2. The second-order valence-electron chi connectivity index (χ2n) is 5.06. The van der Waals surface area contributed by atoms with E-state index in [1.54, 1.807) is 31.0 Å². The van der Waals surface area contributed by atoms with Crippen molar-refractivity contribution in [3.8, 4) is 0 Å². The molecule has 2 aromatic carbocycles. The Morgan fingerprint density at radius 3 is 2.70 bits per heavy atom. The van der Waals surface area contributed by atoms with Gasteiger partial charge in [-0.2, -0.15) is 0 Å². The largest absolute Gasteiger partial charge is 0.375 e. The Kier molecular flexibility index (Phi) is 7.10. The van der Waals surface area contributed by atoms with Gasteiger partial charge in [0.1, 0.15) is 5.82 Å². The highest BCUT2D eigenvalue weighted by atomic mass is 32.2. The van der Waals surface area contributed by atoms with Crippen LogP contribution in [0.4, 0.5) is 4.39 Å². The van der Waals surface area contributed by atoms with E-state index in [4.69, 9.17) is 4.74 Å². The summed E-state index contributed by atoms with van der Waals surface area (Å²) in [5.41, 5.74) is 1.91. The molecular formula is C18H20FNO2S. The standard InChI is InChI=1S/C18H20FNO2S/c1-22-17(15-8-5-9-16(19)10-15)11-20-18(21)13-23-12-14-6-3-2-4-7-14/h2-10,17H,11-13H2,1H3,(H,20,21). The van der Waals surface area contributed by atoms with Crippen molar-refractivity contribution >= 4 is 17.7 Å².